The second-order valence-corrected chi connectivity index (χ2v) is 7.25. The van der Waals surface area contributed by atoms with Crippen LogP contribution in [0.3, 0.4) is 0 Å². The molecule has 0 aliphatic heterocycles. The quantitative estimate of drug-likeness (QED) is 0.413. The van der Waals surface area contributed by atoms with Gasteiger partial charge in [-0.25, -0.2) is 4.79 Å². The molecule has 0 radical (unpaired) electrons. The minimum Gasteiger partial charge on any atom is -0.461 e. The first kappa shape index (κ1) is 23.4. The van der Waals surface area contributed by atoms with E-state index in [2.05, 4.69) is 10.6 Å². The number of hydrogen-bond donors (Lipinski definition) is 3. The van der Waals surface area contributed by atoms with Crippen molar-refractivity contribution in [1.82, 2.24) is 10.6 Å². The molecule has 0 heterocycles. The first-order chi connectivity index (χ1) is 13.2. The van der Waals surface area contributed by atoms with Crippen LogP contribution >= 0.6 is 0 Å². The molecule has 8 heteroatoms. The Morgan fingerprint density at radius 2 is 1.82 bits per heavy atom. The number of alkyl carbamates (subject to hydrolysis) is 1. The summed E-state index contributed by atoms with van der Waals surface area (Å²) in [7, 11) is 0. The van der Waals surface area contributed by atoms with E-state index < -0.39 is 29.6 Å². The largest absolute Gasteiger partial charge is 0.461 e. The normalized spacial score (nSPS) is 12.0. The summed E-state index contributed by atoms with van der Waals surface area (Å²) < 4.78 is 10.4. The van der Waals surface area contributed by atoms with Crippen molar-refractivity contribution in [3.63, 3.8) is 0 Å². The van der Waals surface area contributed by atoms with Crippen molar-refractivity contribution in [1.29, 1.82) is 0 Å². The minimum absolute atomic E-state index is 0.0410. The fraction of sp³-hybridized carbons (Fsp3) is 0.550. The molecule has 0 spiro atoms. The first-order valence-electron chi connectivity index (χ1n) is 9.29. The van der Waals surface area contributed by atoms with Gasteiger partial charge in [0.05, 0.1) is 0 Å². The van der Waals surface area contributed by atoms with Crippen molar-refractivity contribution < 1.29 is 29.0 Å². The monoisotopic (exact) mass is 394 g/mol. The van der Waals surface area contributed by atoms with Crippen molar-refractivity contribution in [2.24, 2.45) is 0 Å². The predicted octanol–water partition coefficient (Wildman–Crippen LogP) is 1.90. The van der Waals surface area contributed by atoms with Gasteiger partial charge in [-0.3, -0.25) is 9.59 Å². The number of benzene rings is 1. The van der Waals surface area contributed by atoms with Gasteiger partial charge in [-0.15, -0.1) is 0 Å². The highest BCUT2D eigenvalue weighted by molar-refractivity contribution is 5.86. The van der Waals surface area contributed by atoms with Gasteiger partial charge in [-0.1, -0.05) is 30.3 Å². The maximum Gasteiger partial charge on any atom is 0.408 e. The summed E-state index contributed by atoms with van der Waals surface area (Å²) in [5, 5.41) is 13.9. The molecule has 0 aliphatic rings. The summed E-state index contributed by atoms with van der Waals surface area (Å²) in [5.74, 6) is -0.918. The van der Waals surface area contributed by atoms with E-state index in [1.165, 1.54) is 0 Å². The minimum atomic E-state index is -0.946. The molecule has 0 aliphatic carbocycles. The van der Waals surface area contributed by atoms with Gasteiger partial charge in [0.1, 0.15) is 18.2 Å². The summed E-state index contributed by atoms with van der Waals surface area (Å²) in [6.45, 7) is 5.49. The number of carbonyl (C=O) groups excluding carboxylic acids is 3. The number of rotatable bonds is 10. The van der Waals surface area contributed by atoms with E-state index in [1.54, 1.807) is 20.8 Å². The maximum absolute atomic E-state index is 12.3. The number of aliphatic hydroxyl groups is 1. The number of esters is 1. The Morgan fingerprint density at radius 3 is 2.43 bits per heavy atom. The summed E-state index contributed by atoms with van der Waals surface area (Å²) in [6, 6.07) is 8.30. The Labute approximate surface area is 165 Å². The van der Waals surface area contributed by atoms with Crippen LogP contribution in [0.5, 0.6) is 0 Å². The third-order valence-electron chi connectivity index (χ3n) is 3.52. The molecule has 0 aromatic heterocycles. The first-order valence-corrected chi connectivity index (χ1v) is 9.29. The molecule has 3 N–H and O–H groups in total. The lowest BCUT2D eigenvalue weighted by molar-refractivity contribution is -0.145. The van der Waals surface area contributed by atoms with E-state index in [-0.39, 0.29) is 32.6 Å². The van der Waals surface area contributed by atoms with Gasteiger partial charge in [0.25, 0.3) is 0 Å². The molecule has 28 heavy (non-hydrogen) atoms. The molecular weight excluding hydrogens is 364 g/mol. The zero-order chi connectivity index (χ0) is 21.0. The number of nitrogens with one attached hydrogen (secondary N) is 2. The van der Waals surface area contributed by atoms with Crippen LogP contribution in [0.15, 0.2) is 30.3 Å². The van der Waals surface area contributed by atoms with Crippen LogP contribution < -0.4 is 10.6 Å². The standard InChI is InChI=1S/C20H30N2O6/c1-20(2,3)28-19(26)22-16(18(25)21-12-7-13-23)10-11-17(24)27-14-15-8-5-4-6-9-15/h4-6,8-9,16,23H,7,10-14H2,1-3H3,(H,21,25)(H,22,26)/t16-/m0/s1. The van der Waals surface area contributed by atoms with E-state index in [4.69, 9.17) is 14.6 Å². The summed E-state index contributed by atoms with van der Waals surface area (Å²) in [5.41, 5.74) is 0.150. The van der Waals surface area contributed by atoms with Gasteiger partial charge in [0.15, 0.2) is 0 Å². The number of aliphatic hydroxyl groups excluding tert-OH is 1. The Hall–Kier alpha value is -2.61. The fourth-order valence-corrected chi connectivity index (χ4v) is 2.20. The van der Waals surface area contributed by atoms with Crippen LogP contribution in [0.4, 0.5) is 4.79 Å². The average molecular weight is 394 g/mol. The molecule has 0 saturated carbocycles. The van der Waals surface area contributed by atoms with Crippen LogP contribution in [0.2, 0.25) is 0 Å². The van der Waals surface area contributed by atoms with Crippen LogP contribution in [0, 0.1) is 0 Å². The summed E-state index contributed by atoms with van der Waals surface area (Å²) in [6.07, 6.45) is -0.324. The third-order valence-corrected chi connectivity index (χ3v) is 3.52. The van der Waals surface area contributed by atoms with E-state index in [0.29, 0.717) is 6.42 Å². The highest BCUT2D eigenvalue weighted by atomic mass is 16.6. The molecule has 0 bridgehead atoms. The lowest BCUT2D eigenvalue weighted by Crippen LogP contribution is -2.48. The third kappa shape index (κ3) is 10.5. The SMILES string of the molecule is CC(C)(C)OC(=O)N[C@@H](CCC(=O)OCc1ccccc1)C(=O)NCCCO. The molecular formula is C20H30N2O6. The number of amides is 2. The zero-order valence-corrected chi connectivity index (χ0v) is 16.7. The Bertz CT molecular complexity index is 627. The fourth-order valence-electron chi connectivity index (χ4n) is 2.20. The van der Waals surface area contributed by atoms with Crippen molar-refractivity contribution >= 4 is 18.0 Å². The van der Waals surface area contributed by atoms with Crippen molar-refractivity contribution in [3.8, 4) is 0 Å². The molecule has 8 nitrogen and oxygen atoms in total. The van der Waals surface area contributed by atoms with Crippen molar-refractivity contribution in [2.45, 2.75) is 58.3 Å². The second kappa shape index (κ2) is 12.0. The lowest BCUT2D eigenvalue weighted by Gasteiger charge is -2.23. The van der Waals surface area contributed by atoms with Crippen molar-refractivity contribution in [2.75, 3.05) is 13.2 Å². The maximum atomic E-state index is 12.3. The molecule has 2 amide bonds. The molecule has 1 aromatic rings. The zero-order valence-electron chi connectivity index (χ0n) is 16.7. The number of hydrogen-bond acceptors (Lipinski definition) is 6. The molecule has 156 valence electrons. The average Bonchev–Trinajstić information content (AvgIpc) is 2.62. The molecule has 1 aromatic carbocycles. The molecule has 0 fully saturated rings. The highest BCUT2D eigenvalue weighted by Gasteiger charge is 2.25. The van der Waals surface area contributed by atoms with E-state index >= 15 is 0 Å². The number of carbonyl (C=O) groups is 3. The van der Waals surface area contributed by atoms with Crippen molar-refractivity contribution in [3.05, 3.63) is 35.9 Å². The molecule has 0 saturated heterocycles. The molecule has 1 rings (SSSR count). The van der Waals surface area contributed by atoms with Crippen LogP contribution in [0.25, 0.3) is 0 Å². The topological polar surface area (TPSA) is 114 Å². The van der Waals surface area contributed by atoms with Crippen LogP contribution in [0.1, 0.15) is 45.6 Å². The van der Waals surface area contributed by atoms with E-state index in [9.17, 15) is 14.4 Å². The van der Waals surface area contributed by atoms with E-state index in [1.807, 2.05) is 30.3 Å². The Kier molecular flexibility index (Phi) is 10.0. The Morgan fingerprint density at radius 1 is 1.14 bits per heavy atom. The van der Waals surface area contributed by atoms with Gasteiger partial charge >= 0.3 is 12.1 Å². The van der Waals surface area contributed by atoms with Gasteiger partial charge in [0.2, 0.25) is 5.91 Å². The van der Waals surface area contributed by atoms with Gasteiger partial charge < -0.3 is 25.2 Å². The molecule has 1 atom stereocenters. The number of ether oxygens (including phenoxy) is 2. The van der Waals surface area contributed by atoms with Crippen LogP contribution in [-0.4, -0.2) is 47.9 Å². The second-order valence-electron chi connectivity index (χ2n) is 7.25. The van der Waals surface area contributed by atoms with E-state index in [0.717, 1.165) is 5.56 Å². The lowest BCUT2D eigenvalue weighted by atomic mass is 10.1. The van der Waals surface area contributed by atoms with Crippen LogP contribution in [-0.2, 0) is 25.7 Å². The predicted molar refractivity (Wildman–Crippen MR) is 103 cm³/mol. The smallest absolute Gasteiger partial charge is 0.408 e. The Balaban J connectivity index is 2.56. The van der Waals surface area contributed by atoms with Gasteiger partial charge in [-0.2, -0.15) is 0 Å². The summed E-state index contributed by atoms with van der Waals surface area (Å²) in [4.78, 5) is 36.3. The van der Waals surface area contributed by atoms with Gasteiger partial charge in [0, 0.05) is 19.6 Å². The highest BCUT2D eigenvalue weighted by Crippen LogP contribution is 2.09. The van der Waals surface area contributed by atoms with Gasteiger partial charge in [-0.05, 0) is 39.2 Å². The molecule has 0 unspecified atom stereocenters. The summed E-state index contributed by atoms with van der Waals surface area (Å²) >= 11 is 0.